The highest BCUT2D eigenvalue weighted by molar-refractivity contribution is 5.22. The van der Waals surface area contributed by atoms with E-state index in [1.165, 1.54) is 11.1 Å². The predicted molar refractivity (Wildman–Crippen MR) is 84.3 cm³/mol. The van der Waals surface area contributed by atoms with E-state index in [4.69, 9.17) is 15.2 Å². The van der Waals surface area contributed by atoms with Crippen LogP contribution in [0.15, 0.2) is 24.3 Å². The number of aryl methyl sites for hydroxylation is 2. The molecule has 3 heteroatoms. The summed E-state index contributed by atoms with van der Waals surface area (Å²) in [7, 11) is 0. The van der Waals surface area contributed by atoms with Crippen molar-refractivity contribution < 1.29 is 9.47 Å². The predicted octanol–water partition coefficient (Wildman–Crippen LogP) is 2.84. The topological polar surface area (TPSA) is 44.5 Å². The van der Waals surface area contributed by atoms with E-state index < -0.39 is 0 Å². The Labute approximate surface area is 127 Å². The Morgan fingerprint density at radius 3 is 3.05 bits per heavy atom. The van der Waals surface area contributed by atoms with Gasteiger partial charge in [-0.2, -0.15) is 0 Å². The Balaban J connectivity index is 1.54. The second kappa shape index (κ2) is 6.47. The van der Waals surface area contributed by atoms with Gasteiger partial charge in [-0.1, -0.05) is 29.8 Å². The molecule has 2 N–H and O–H groups in total. The lowest BCUT2D eigenvalue weighted by atomic mass is 9.80. The Kier molecular flexibility index (Phi) is 4.63. The second-order valence-corrected chi connectivity index (χ2v) is 6.78. The molecule has 0 radical (unpaired) electrons. The Bertz CT molecular complexity index is 468. The number of nitrogens with two attached hydrogens (primary N) is 1. The zero-order valence-corrected chi connectivity index (χ0v) is 13.0. The zero-order valence-electron chi connectivity index (χ0n) is 13.0. The summed E-state index contributed by atoms with van der Waals surface area (Å²) in [4.78, 5) is 0. The van der Waals surface area contributed by atoms with E-state index in [1.807, 2.05) is 0 Å². The van der Waals surface area contributed by atoms with Crippen LogP contribution in [0.4, 0.5) is 0 Å². The molecule has 3 unspecified atom stereocenters. The van der Waals surface area contributed by atoms with Crippen LogP contribution in [0.1, 0.15) is 36.8 Å². The van der Waals surface area contributed by atoms with Crippen molar-refractivity contribution in [2.75, 3.05) is 19.8 Å². The first-order valence-corrected chi connectivity index (χ1v) is 8.20. The van der Waals surface area contributed by atoms with Crippen LogP contribution in [0.3, 0.4) is 0 Å². The molecule has 1 aromatic rings. The average Bonchev–Trinajstić information content (AvgIpc) is 2.93. The van der Waals surface area contributed by atoms with Gasteiger partial charge < -0.3 is 15.2 Å². The number of benzene rings is 1. The monoisotopic (exact) mass is 289 g/mol. The van der Waals surface area contributed by atoms with Crippen molar-refractivity contribution in [1.29, 1.82) is 0 Å². The Morgan fingerprint density at radius 2 is 2.29 bits per heavy atom. The summed E-state index contributed by atoms with van der Waals surface area (Å²) in [5.74, 6) is 0.574. The summed E-state index contributed by atoms with van der Waals surface area (Å²) < 4.78 is 11.5. The third-order valence-corrected chi connectivity index (χ3v) is 5.05. The van der Waals surface area contributed by atoms with Crippen LogP contribution in [-0.4, -0.2) is 31.5 Å². The second-order valence-electron chi connectivity index (χ2n) is 6.78. The van der Waals surface area contributed by atoms with Gasteiger partial charge in [-0.15, -0.1) is 0 Å². The van der Waals surface area contributed by atoms with Crippen LogP contribution in [0.5, 0.6) is 0 Å². The summed E-state index contributed by atoms with van der Waals surface area (Å²) in [5, 5.41) is 0. The van der Waals surface area contributed by atoms with E-state index in [1.54, 1.807) is 0 Å². The fraction of sp³-hybridized carbons (Fsp3) is 0.667. The molecule has 1 aromatic carbocycles. The summed E-state index contributed by atoms with van der Waals surface area (Å²) in [6, 6.07) is 9.02. The third-order valence-electron chi connectivity index (χ3n) is 5.05. The molecule has 2 saturated heterocycles. The van der Waals surface area contributed by atoms with Gasteiger partial charge in [0.05, 0.1) is 12.2 Å². The van der Waals surface area contributed by atoms with E-state index >= 15 is 0 Å². The SMILES string of the molecule is Cc1cccc(CCC(N)C2CCOC3(CCOC3)C2)c1. The van der Waals surface area contributed by atoms with Crippen molar-refractivity contribution in [3.05, 3.63) is 35.4 Å². The molecule has 116 valence electrons. The van der Waals surface area contributed by atoms with Gasteiger partial charge in [0.15, 0.2) is 0 Å². The highest BCUT2D eigenvalue weighted by Gasteiger charge is 2.42. The standard InChI is InChI=1S/C18H27NO2/c1-14-3-2-4-15(11-14)5-6-17(19)16-7-9-21-18(12-16)8-10-20-13-18/h2-4,11,16-17H,5-10,12-13,19H2,1H3. The van der Waals surface area contributed by atoms with E-state index in [-0.39, 0.29) is 11.6 Å². The normalized spacial score (nSPS) is 30.7. The number of hydrogen-bond acceptors (Lipinski definition) is 3. The average molecular weight is 289 g/mol. The highest BCUT2D eigenvalue weighted by atomic mass is 16.6. The molecule has 0 amide bonds. The molecule has 3 rings (SSSR count). The third kappa shape index (κ3) is 3.65. The van der Waals surface area contributed by atoms with Gasteiger partial charge >= 0.3 is 0 Å². The van der Waals surface area contributed by atoms with Crippen LogP contribution in [-0.2, 0) is 15.9 Å². The lowest BCUT2D eigenvalue weighted by molar-refractivity contribution is -0.101. The van der Waals surface area contributed by atoms with Gasteiger partial charge in [0.2, 0.25) is 0 Å². The first-order chi connectivity index (χ1) is 10.2. The Morgan fingerprint density at radius 1 is 1.38 bits per heavy atom. The lowest BCUT2D eigenvalue weighted by Gasteiger charge is -2.39. The summed E-state index contributed by atoms with van der Waals surface area (Å²) in [6.07, 6.45) is 5.33. The van der Waals surface area contributed by atoms with Gasteiger partial charge in [0.25, 0.3) is 0 Å². The minimum Gasteiger partial charge on any atom is -0.378 e. The van der Waals surface area contributed by atoms with Crippen LogP contribution in [0.25, 0.3) is 0 Å². The molecule has 0 aliphatic carbocycles. The van der Waals surface area contributed by atoms with E-state index in [2.05, 4.69) is 31.2 Å². The minimum atomic E-state index is -0.0239. The maximum absolute atomic E-state index is 6.49. The minimum absolute atomic E-state index is 0.0239. The number of rotatable bonds is 4. The molecule has 2 heterocycles. The summed E-state index contributed by atoms with van der Waals surface area (Å²) in [5.41, 5.74) is 9.19. The summed E-state index contributed by atoms with van der Waals surface area (Å²) >= 11 is 0. The molecule has 21 heavy (non-hydrogen) atoms. The molecule has 3 nitrogen and oxygen atoms in total. The Hall–Kier alpha value is -0.900. The van der Waals surface area contributed by atoms with Crippen LogP contribution < -0.4 is 5.73 Å². The molecule has 3 atom stereocenters. The molecular weight excluding hydrogens is 262 g/mol. The van der Waals surface area contributed by atoms with Crippen LogP contribution in [0, 0.1) is 12.8 Å². The van der Waals surface area contributed by atoms with Crippen LogP contribution >= 0.6 is 0 Å². The van der Waals surface area contributed by atoms with E-state index in [9.17, 15) is 0 Å². The molecule has 2 fully saturated rings. The molecule has 0 bridgehead atoms. The van der Waals surface area contributed by atoms with Gasteiger partial charge in [-0.3, -0.25) is 0 Å². The van der Waals surface area contributed by atoms with Gasteiger partial charge in [0.1, 0.15) is 0 Å². The summed E-state index contributed by atoms with van der Waals surface area (Å²) in [6.45, 7) is 4.58. The van der Waals surface area contributed by atoms with Crippen molar-refractivity contribution in [3.8, 4) is 0 Å². The molecule has 0 saturated carbocycles. The van der Waals surface area contributed by atoms with E-state index in [0.717, 1.165) is 51.9 Å². The maximum Gasteiger partial charge on any atom is 0.0939 e. The molecule has 2 aliphatic rings. The fourth-order valence-electron chi connectivity index (χ4n) is 3.73. The van der Waals surface area contributed by atoms with Crippen molar-refractivity contribution in [1.82, 2.24) is 0 Å². The van der Waals surface area contributed by atoms with Gasteiger partial charge in [-0.25, -0.2) is 0 Å². The molecular formula is C18H27NO2. The maximum atomic E-state index is 6.49. The van der Waals surface area contributed by atoms with Crippen molar-refractivity contribution in [2.45, 2.75) is 50.7 Å². The molecule has 0 aromatic heterocycles. The fourth-order valence-corrected chi connectivity index (χ4v) is 3.73. The molecule has 1 spiro atoms. The first kappa shape index (κ1) is 15.0. The van der Waals surface area contributed by atoms with Crippen molar-refractivity contribution in [2.24, 2.45) is 11.7 Å². The first-order valence-electron chi connectivity index (χ1n) is 8.20. The largest absolute Gasteiger partial charge is 0.378 e. The zero-order chi connectivity index (χ0) is 14.7. The lowest BCUT2D eigenvalue weighted by Crippen LogP contribution is -2.45. The van der Waals surface area contributed by atoms with Crippen molar-refractivity contribution >= 4 is 0 Å². The smallest absolute Gasteiger partial charge is 0.0939 e. The number of hydrogen-bond donors (Lipinski definition) is 1. The number of ether oxygens (including phenoxy) is 2. The van der Waals surface area contributed by atoms with Crippen molar-refractivity contribution in [3.63, 3.8) is 0 Å². The van der Waals surface area contributed by atoms with Gasteiger partial charge in [0, 0.05) is 25.7 Å². The highest BCUT2D eigenvalue weighted by Crippen LogP contribution is 2.37. The van der Waals surface area contributed by atoms with Gasteiger partial charge in [-0.05, 0) is 44.1 Å². The quantitative estimate of drug-likeness (QED) is 0.927. The van der Waals surface area contributed by atoms with E-state index in [0.29, 0.717) is 5.92 Å². The van der Waals surface area contributed by atoms with Crippen LogP contribution in [0.2, 0.25) is 0 Å². The molecule has 2 aliphatic heterocycles.